The molecule has 1 heterocycles. The van der Waals surface area contributed by atoms with Crippen LogP contribution in [-0.2, 0) is 20.9 Å². The number of benzene rings is 2. The van der Waals surface area contributed by atoms with E-state index < -0.39 is 60.1 Å². The minimum absolute atomic E-state index is 0.0482. The molecule has 38 heavy (non-hydrogen) atoms. The molecule has 1 aliphatic heterocycles. The first kappa shape index (κ1) is 26.9. The molecule has 4 unspecified atom stereocenters. The van der Waals surface area contributed by atoms with Gasteiger partial charge in [-0.2, -0.15) is 13.2 Å². The number of carbonyl (C=O) groups excluding carboxylic acids is 4. The number of hydrogen-bond donors (Lipinski definition) is 3. The number of anilines is 2. The van der Waals surface area contributed by atoms with Gasteiger partial charge in [0, 0.05) is 17.9 Å². The smallest absolute Gasteiger partial charge is 0.352 e. The van der Waals surface area contributed by atoms with E-state index in [0.29, 0.717) is 16.9 Å². The summed E-state index contributed by atoms with van der Waals surface area (Å²) in [4.78, 5) is 51.0. The third-order valence-corrected chi connectivity index (χ3v) is 6.63. The van der Waals surface area contributed by atoms with Gasteiger partial charge in [-0.3, -0.25) is 19.3 Å². The Morgan fingerprint density at radius 2 is 1.61 bits per heavy atom. The van der Waals surface area contributed by atoms with Gasteiger partial charge in [0.05, 0.1) is 17.8 Å². The SMILES string of the molecule is Cc1cccc(NC(=O)Nc2cccc(CNC(=O)C3C(C)C=CC4C(=O)N(CC(F)(F)F)C(=O)C43)c2)c1. The Labute approximate surface area is 217 Å². The molecule has 1 aliphatic carbocycles. The summed E-state index contributed by atoms with van der Waals surface area (Å²) in [5, 5.41) is 8.19. The molecule has 2 aromatic rings. The molecule has 11 heteroatoms. The van der Waals surface area contributed by atoms with Crippen molar-refractivity contribution in [1.29, 1.82) is 0 Å². The molecule has 0 radical (unpaired) electrons. The van der Waals surface area contributed by atoms with Crippen molar-refractivity contribution in [3.05, 3.63) is 71.8 Å². The van der Waals surface area contributed by atoms with Crippen molar-refractivity contribution in [3.8, 4) is 0 Å². The van der Waals surface area contributed by atoms with Gasteiger partial charge in [0.1, 0.15) is 6.54 Å². The molecule has 2 aromatic carbocycles. The van der Waals surface area contributed by atoms with E-state index in [2.05, 4.69) is 16.0 Å². The van der Waals surface area contributed by atoms with Gasteiger partial charge in [-0.25, -0.2) is 4.79 Å². The largest absolute Gasteiger partial charge is 0.406 e. The summed E-state index contributed by atoms with van der Waals surface area (Å²) in [7, 11) is 0. The first-order chi connectivity index (χ1) is 17.9. The van der Waals surface area contributed by atoms with E-state index in [1.165, 1.54) is 6.08 Å². The molecule has 0 bridgehead atoms. The number of nitrogens with zero attached hydrogens (tertiary/aromatic N) is 1. The fraction of sp³-hybridized carbons (Fsp3) is 0.333. The second-order valence-corrected chi connectivity index (χ2v) is 9.57. The van der Waals surface area contributed by atoms with Gasteiger partial charge >= 0.3 is 12.2 Å². The van der Waals surface area contributed by atoms with Crippen LogP contribution in [0.2, 0.25) is 0 Å². The topological polar surface area (TPSA) is 108 Å². The summed E-state index contributed by atoms with van der Waals surface area (Å²) in [5.74, 6) is -6.22. The Kier molecular flexibility index (Phi) is 7.56. The molecule has 4 rings (SSSR count). The van der Waals surface area contributed by atoms with Gasteiger partial charge < -0.3 is 16.0 Å². The Morgan fingerprint density at radius 3 is 2.26 bits per heavy atom. The summed E-state index contributed by atoms with van der Waals surface area (Å²) in [6.07, 6.45) is -1.72. The number of imide groups is 1. The lowest BCUT2D eigenvalue weighted by molar-refractivity contribution is -0.166. The van der Waals surface area contributed by atoms with Crippen LogP contribution in [0.3, 0.4) is 0 Å². The third-order valence-electron chi connectivity index (χ3n) is 6.63. The highest BCUT2D eigenvalue weighted by atomic mass is 19.4. The standard InChI is InChI=1S/C27H27F3N4O4/c1-15-5-3-7-18(11-15)32-26(38)33-19-8-4-6-17(12-19)13-31-23(35)21-16(2)9-10-20-22(21)25(37)34(24(20)36)14-27(28,29)30/h3-12,16,20-22H,13-14H2,1-2H3,(H,31,35)(H2,32,33,38). The van der Waals surface area contributed by atoms with Crippen LogP contribution in [0.4, 0.5) is 29.3 Å². The maximum atomic E-state index is 13.1. The molecule has 1 saturated heterocycles. The molecule has 4 atom stereocenters. The van der Waals surface area contributed by atoms with Crippen molar-refractivity contribution in [3.63, 3.8) is 0 Å². The zero-order chi connectivity index (χ0) is 27.6. The lowest BCUT2D eigenvalue weighted by atomic mass is 9.71. The molecule has 0 aromatic heterocycles. The number of halogens is 3. The molecule has 0 saturated carbocycles. The molecule has 1 fully saturated rings. The number of amides is 5. The fourth-order valence-corrected chi connectivity index (χ4v) is 4.92. The number of rotatable bonds is 6. The summed E-state index contributed by atoms with van der Waals surface area (Å²) in [6.45, 7) is 1.96. The first-order valence-electron chi connectivity index (χ1n) is 12.0. The second kappa shape index (κ2) is 10.7. The molecule has 0 spiro atoms. The number of fused-ring (bicyclic) bond motifs is 1. The van der Waals surface area contributed by atoms with Gasteiger partial charge in [-0.15, -0.1) is 0 Å². The van der Waals surface area contributed by atoms with Crippen molar-refractivity contribution in [2.75, 3.05) is 17.2 Å². The number of aryl methyl sites for hydroxylation is 1. The van der Waals surface area contributed by atoms with Crippen molar-refractivity contribution >= 4 is 35.1 Å². The van der Waals surface area contributed by atoms with Crippen LogP contribution < -0.4 is 16.0 Å². The maximum Gasteiger partial charge on any atom is 0.406 e. The van der Waals surface area contributed by atoms with E-state index in [9.17, 15) is 32.3 Å². The van der Waals surface area contributed by atoms with E-state index in [0.717, 1.165) is 5.56 Å². The van der Waals surface area contributed by atoms with Gasteiger partial charge in [0.2, 0.25) is 17.7 Å². The number of urea groups is 1. The number of carbonyl (C=O) groups is 4. The monoisotopic (exact) mass is 528 g/mol. The molecule has 3 N–H and O–H groups in total. The number of nitrogens with one attached hydrogen (secondary N) is 3. The molecular formula is C27H27F3N4O4. The highest BCUT2D eigenvalue weighted by Gasteiger charge is 2.56. The van der Waals surface area contributed by atoms with E-state index in [1.54, 1.807) is 43.3 Å². The molecule has 2 aliphatic rings. The first-order valence-corrected chi connectivity index (χ1v) is 12.0. The minimum Gasteiger partial charge on any atom is -0.352 e. The average Bonchev–Trinajstić information content (AvgIpc) is 3.06. The number of hydrogen-bond acceptors (Lipinski definition) is 4. The zero-order valence-electron chi connectivity index (χ0n) is 20.7. The van der Waals surface area contributed by atoms with E-state index in [-0.39, 0.29) is 11.4 Å². The van der Waals surface area contributed by atoms with Crippen LogP contribution in [0, 0.1) is 30.6 Å². The predicted octanol–water partition coefficient (Wildman–Crippen LogP) is 4.24. The van der Waals surface area contributed by atoms with E-state index in [4.69, 9.17) is 0 Å². The third kappa shape index (κ3) is 6.04. The Hall–Kier alpha value is -4.15. The average molecular weight is 529 g/mol. The molecule has 200 valence electrons. The quantitative estimate of drug-likeness (QED) is 0.385. The normalized spacial score (nSPS) is 22.7. The molecular weight excluding hydrogens is 501 g/mol. The van der Waals surface area contributed by atoms with Gasteiger partial charge in [-0.1, -0.05) is 43.3 Å². The fourth-order valence-electron chi connectivity index (χ4n) is 4.92. The van der Waals surface area contributed by atoms with Crippen molar-refractivity contribution in [2.24, 2.45) is 23.7 Å². The maximum absolute atomic E-state index is 13.1. The van der Waals surface area contributed by atoms with Crippen LogP contribution in [0.1, 0.15) is 18.1 Å². The lowest BCUT2D eigenvalue weighted by Crippen LogP contribution is -2.44. The van der Waals surface area contributed by atoms with Crippen molar-refractivity contribution in [1.82, 2.24) is 10.2 Å². The van der Waals surface area contributed by atoms with Gasteiger partial charge in [0.25, 0.3) is 0 Å². The molecule has 5 amide bonds. The summed E-state index contributed by atoms with van der Waals surface area (Å²) >= 11 is 0. The number of likely N-dealkylation sites (tertiary alicyclic amines) is 1. The van der Waals surface area contributed by atoms with Crippen LogP contribution in [0.25, 0.3) is 0 Å². The Balaban J connectivity index is 1.40. The van der Waals surface area contributed by atoms with E-state index in [1.807, 2.05) is 25.1 Å². The van der Waals surface area contributed by atoms with Gasteiger partial charge in [0.15, 0.2) is 0 Å². The highest BCUT2D eigenvalue weighted by Crippen LogP contribution is 2.42. The second-order valence-electron chi connectivity index (χ2n) is 9.57. The zero-order valence-corrected chi connectivity index (χ0v) is 20.7. The number of allylic oxidation sites excluding steroid dienone is 1. The molecule has 8 nitrogen and oxygen atoms in total. The van der Waals surface area contributed by atoms with E-state index >= 15 is 0 Å². The van der Waals surface area contributed by atoms with Crippen LogP contribution in [0.5, 0.6) is 0 Å². The Bertz CT molecular complexity index is 1290. The van der Waals surface area contributed by atoms with Crippen LogP contribution >= 0.6 is 0 Å². The van der Waals surface area contributed by atoms with Crippen LogP contribution in [0.15, 0.2) is 60.7 Å². The number of alkyl halides is 3. The van der Waals surface area contributed by atoms with Crippen molar-refractivity contribution in [2.45, 2.75) is 26.6 Å². The summed E-state index contributed by atoms with van der Waals surface area (Å²) in [5.41, 5.74) is 2.75. The van der Waals surface area contributed by atoms with Gasteiger partial charge in [-0.05, 0) is 48.2 Å². The Morgan fingerprint density at radius 1 is 0.947 bits per heavy atom. The highest BCUT2D eigenvalue weighted by molar-refractivity contribution is 6.08. The van der Waals surface area contributed by atoms with Crippen molar-refractivity contribution < 1.29 is 32.3 Å². The predicted molar refractivity (Wildman–Crippen MR) is 134 cm³/mol. The summed E-state index contributed by atoms with van der Waals surface area (Å²) in [6, 6.07) is 13.6. The van der Waals surface area contributed by atoms with Crippen LogP contribution in [-0.4, -0.2) is 41.4 Å². The lowest BCUT2D eigenvalue weighted by Gasteiger charge is -2.30. The summed E-state index contributed by atoms with van der Waals surface area (Å²) < 4.78 is 38.8. The minimum atomic E-state index is -4.73.